The van der Waals surface area contributed by atoms with Crippen LogP contribution in [0.5, 0.6) is 5.75 Å². The Balaban J connectivity index is 0.00000320. The molecule has 0 radical (unpaired) electrons. The smallest absolute Gasteiger partial charge is 0.191 e. The van der Waals surface area contributed by atoms with Crippen molar-refractivity contribution < 1.29 is 4.74 Å². The fourth-order valence-electron chi connectivity index (χ4n) is 3.54. The van der Waals surface area contributed by atoms with Crippen LogP contribution in [0.4, 0.5) is 0 Å². The summed E-state index contributed by atoms with van der Waals surface area (Å²) in [6.07, 6.45) is 4.35. The highest BCUT2D eigenvalue weighted by Gasteiger charge is 2.19. The molecule has 2 N–H and O–H groups in total. The first kappa shape index (κ1) is 24.9. The van der Waals surface area contributed by atoms with Crippen LogP contribution in [0, 0.1) is 12.8 Å². The van der Waals surface area contributed by atoms with E-state index in [0.29, 0.717) is 12.5 Å². The highest BCUT2D eigenvalue weighted by atomic mass is 127. The summed E-state index contributed by atoms with van der Waals surface area (Å²) in [6.45, 7) is 9.95. The fourth-order valence-corrected chi connectivity index (χ4v) is 4.25. The summed E-state index contributed by atoms with van der Waals surface area (Å²) >= 11 is 1.71. The van der Waals surface area contributed by atoms with Crippen LogP contribution >= 0.6 is 35.3 Å². The van der Waals surface area contributed by atoms with Crippen molar-refractivity contribution >= 4 is 41.3 Å². The number of piperidine rings is 1. The van der Waals surface area contributed by atoms with Gasteiger partial charge in [0.1, 0.15) is 10.8 Å². The topological polar surface area (TPSA) is 61.8 Å². The number of aryl methyl sites for hydroxylation is 1. The third kappa shape index (κ3) is 8.03. The van der Waals surface area contributed by atoms with Gasteiger partial charge in [0.25, 0.3) is 0 Å². The molecule has 1 saturated heterocycles. The normalized spacial score (nSPS) is 15.5. The number of hydrogen-bond donors (Lipinski definition) is 2. The van der Waals surface area contributed by atoms with Crippen molar-refractivity contribution in [2.24, 2.45) is 10.9 Å². The number of thiazole rings is 1. The van der Waals surface area contributed by atoms with Crippen LogP contribution in [-0.4, -0.2) is 49.1 Å². The Morgan fingerprint density at radius 3 is 2.57 bits per heavy atom. The van der Waals surface area contributed by atoms with Gasteiger partial charge in [0.15, 0.2) is 5.96 Å². The van der Waals surface area contributed by atoms with Gasteiger partial charge in [-0.1, -0.05) is 12.1 Å². The van der Waals surface area contributed by atoms with E-state index in [0.717, 1.165) is 49.4 Å². The van der Waals surface area contributed by atoms with Crippen molar-refractivity contribution in [2.45, 2.75) is 39.8 Å². The van der Waals surface area contributed by atoms with E-state index >= 15 is 0 Å². The molecule has 3 rings (SSSR count). The van der Waals surface area contributed by atoms with Gasteiger partial charge in [-0.15, -0.1) is 35.3 Å². The summed E-state index contributed by atoms with van der Waals surface area (Å²) in [5.74, 6) is 2.50. The molecule has 1 aromatic carbocycles. The fraction of sp³-hybridized carbons (Fsp3) is 0.545. The number of ether oxygens (including phenoxy) is 1. The average molecular weight is 544 g/mol. The molecule has 166 valence electrons. The number of methoxy groups -OCH3 is 1. The molecular weight excluding hydrogens is 509 g/mol. The summed E-state index contributed by atoms with van der Waals surface area (Å²) in [5, 5.41) is 7.93. The maximum absolute atomic E-state index is 5.24. The molecule has 0 aliphatic carbocycles. The number of aromatic nitrogens is 1. The number of rotatable bonds is 8. The third-order valence-electron chi connectivity index (χ3n) is 5.22. The van der Waals surface area contributed by atoms with Crippen LogP contribution in [0.3, 0.4) is 0 Å². The van der Waals surface area contributed by atoms with E-state index in [1.54, 1.807) is 18.4 Å². The molecule has 6 nitrogen and oxygen atoms in total. The van der Waals surface area contributed by atoms with Gasteiger partial charge in [-0.2, -0.15) is 0 Å². The molecule has 2 heterocycles. The summed E-state index contributed by atoms with van der Waals surface area (Å²) in [7, 11) is 1.71. The van der Waals surface area contributed by atoms with Gasteiger partial charge in [-0.3, -0.25) is 4.90 Å². The van der Waals surface area contributed by atoms with E-state index in [1.807, 2.05) is 18.3 Å². The van der Waals surface area contributed by atoms with E-state index in [4.69, 9.17) is 4.74 Å². The Morgan fingerprint density at radius 1 is 1.23 bits per heavy atom. The monoisotopic (exact) mass is 543 g/mol. The van der Waals surface area contributed by atoms with Crippen molar-refractivity contribution in [1.29, 1.82) is 0 Å². The molecule has 1 aliphatic rings. The number of nitrogens with zero attached hydrogens (tertiary/aromatic N) is 3. The maximum Gasteiger partial charge on any atom is 0.191 e. The SMILES string of the molecule is CCNC(=NCc1ncc(C)s1)NCC1CCN(Cc2ccc(OC)cc2)CC1.I. The van der Waals surface area contributed by atoms with Crippen LogP contribution in [0.15, 0.2) is 35.5 Å². The quantitative estimate of drug-likeness (QED) is 0.299. The van der Waals surface area contributed by atoms with E-state index in [1.165, 1.54) is 23.3 Å². The van der Waals surface area contributed by atoms with E-state index < -0.39 is 0 Å². The summed E-state index contributed by atoms with van der Waals surface area (Å²) < 4.78 is 5.24. The van der Waals surface area contributed by atoms with Crippen molar-refractivity contribution in [3.05, 3.63) is 45.9 Å². The van der Waals surface area contributed by atoms with Crippen molar-refractivity contribution in [1.82, 2.24) is 20.5 Å². The Labute approximate surface area is 201 Å². The van der Waals surface area contributed by atoms with Gasteiger partial charge >= 0.3 is 0 Å². The lowest BCUT2D eigenvalue weighted by molar-refractivity contribution is 0.178. The van der Waals surface area contributed by atoms with E-state index in [2.05, 4.69) is 51.5 Å². The predicted octanol–water partition coefficient (Wildman–Crippen LogP) is 4.05. The standard InChI is InChI=1S/C22H33N5OS.HI/c1-4-23-22(26-15-21-24-13-17(2)29-21)25-14-18-9-11-27(12-10-18)16-19-5-7-20(28-3)8-6-19;/h5-8,13,18H,4,9-12,14-16H2,1-3H3,(H2,23,25,26);1H. The number of aliphatic imine (C=N–C) groups is 1. The first-order valence-electron chi connectivity index (χ1n) is 10.4. The summed E-state index contributed by atoms with van der Waals surface area (Å²) in [5.41, 5.74) is 1.35. The second-order valence-corrected chi connectivity index (χ2v) is 8.83. The largest absolute Gasteiger partial charge is 0.497 e. The molecule has 0 spiro atoms. The molecule has 0 saturated carbocycles. The molecule has 0 bridgehead atoms. The molecular formula is C22H34IN5OS. The molecule has 8 heteroatoms. The molecule has 1 aromatic heterocycles. The lowest BCUT2D eigenvalue weighted by Crippen LogP contribution is -2.42. The van der Waals surface area contributed by atoms with Crippen LogP contribution in [0.1, 0.15) is 35.2 Å². The predicted molar refractivity (Wildman–Crippen MR) is 136 cm³/mol. The minimum atomic E-state index is 0. The average Bonchev–Trinajstić information content (AvgIpc) is 3.17. The maximum atomic E-state index is 5.24. The Bertz CT molecular complexity index is 772. The minimum Gasteiger partial charge on any atom is -0.497 e. The molecule has 2 aromatic rings. The van der Waals surface area contributed by atoms with Crippen LogP contribution in [0.2, 0.25) is 0 Å². The minimum absolute atomic E-state index is 0. The number of benzene rings is 1. The van der Waals surface area contributed by atoms with Gasteiger partial charge < -0.3 is 15.4 Å². The first-order valence-corrected chi connectivity index (χ1v) is 11.3. The Kier molecular flexibility index (Phi) is 10.9. The third-order valence-corrected chi connectivity index (χ3v) is 6.11. The van der Waals surface area contributed by atoms with Crippen molar-refractivity contribution in [3.8, 4) is 5.75 Å². The van der Waals surface area contributed by atoms with Crippen molar-refractivity contribution in [2.75, 3.05) is 33.3 Å². The van der Waals surface area contributed by atoms with Gasteiger partial charge in [-0.25, -0.2) is 9.98 Å². The lowest BCUT2D eigenvalue weighted by atomic mass is 9.96. The highest BCUT2D eigenvalue weighted by Crippen LogP contribution is 2.20. The second kappa shape index (κ2) is 13.1. The number of guanidine groups is 1. The zero-order valence-electron chi connectivity index (χ0n) is 18.2. The molecule has 1 fully saturated rings. The summed E-state index contributed by atoms with van der Waals surface area (Å²) in [6, 6.07) is 8.41. The number of halogens is 1. The highest BCUT2D eigenvalue weighted by molar-refractivity contribution is 14.0. The number of nitrogens with one attached hydrogen (secondary N) is 2. The van der Waals surface area contributed by atoms with Crippen molar-refractivity contribution in [3.63, 3.8) is 0 Å². The zero-order chi connectivity index (χ0) is 20.5. The number of likely N-dealkylation sites (tertiary alicyclic amines) is 1. The van der Waals surface area contributed by atoms with Gasteiger partial charge in [-0.05, 0) is 63.4 Å². The second-order valence-electron chi connectivity index (χ2n) is 7.51. The van der Waals surface area contributed by atoms with Crippen LogP contribution in [0.25, 0.3) is 0 Å². The molecule has 0 amide bonds. The van der Waals surface area contributed by atoms with Crippen LogP contribution < -0.4 is 15.4 Å². The van der Waals surface area contributed by atoms with Gasteiger partial charge in [0, 0.05) is 30.7 Å². The van der Waals surface area contributed by atoms with Crippen LogP contribution in [-0.2, 0) is 13.1 Å². The molecule has 0 unspecified atom stereocenters. The number of hydrogen-bond acceptors (Lipinski definition) is 5. The molecule has 30 heavy (non-hydrogen) atoms. The Morgan fingerprint density at radius 2 is 1.97 bits per heavy atom. The summed E-state index contributed by atoms with van der Waals surface area (Å²) in [4.78, 5) is 12.9. The van der Waals surface area contributed by atoms with Gasteiger partial charge in [0.05, 0.1) is 13.7 Å². The molecule has 1 aliphatic heterocycles. The van der Waals surface area contributed by atoms with E-state index in [9.17, 15) is 0 Å². The Hall–Kier alpha value is -1.39. The molecule has 0 atom stereocenters. The lowest BCUT2D eigenvalue weighted by Gasteiger charge is -2.32. The van der Waals surface area contributed by atoms with Gasteiger partial charge in [0.2, 0.25) is 0 Å². The van der Waals surface area contributed by atoms with E-state index in [-0.39, 0.29) is 24.0 Å². The first-order chi connectivity index (χ1) is 14.2. The zero-order valence-corrected chi connectivity index (χ0v) is 21.3.